The van der Waals surface area contributed by atoms with Crippen LogP contribution in [0.4, 0.5) is 0 Å². The number of para-hydroxylation sites is 1. The highest BCUT2D eigenvalue weighted by molar-refractivity contribution is 5.81. The largest absolute Gasteiger partial charge is 0.496 e. The summed E-state index contributed by atoms with van der Waals surface area (Å²) in [6, 6.07) is 7.85. The maximum atomic E-state index is 11.6. The minimum atomic E-state index is 0.169. The number of methoxy groups -OCH3 is 1. The minimum absolute atomic E-state index is 0.169. The Morgan fingerprint density at radius 3 is 2.65 bits per heavy atom. The third-order valence-corrected chi connectivity index (χ3v) is 3.61. The SMILES string of the molecule is CCNC(=NCc1ccccc1OC)NCCNC(=O)C1CC1. The monoisotopic (exact) mass is 318 g/mol. The van der Waals surface area contributed by atoms with Crippen molar-refractivity contribution in [2.75, 3.05) is 26.7 Å². The smallest absolute Gasteiger partial charge is 0.223 e. The van der Waals surface area contributed by atoms with E-state index >= 15 is 0 Å². The van der Waals surface area contributed by atoms with E-state index in [0.29, 0.717) is 19.6 Å². The molecule has 0 bridgehead atoms. The molecule has 1 amide bonds. The van der Waals surface area contributed by atoms with E-state index in [0.717, 1.165) is 36.7 Å². The fraction of sp³-hybridized carbons (Fsp3) is 0.529. The Morgan fingerprint density at radius 2 is 1.96 bits per heavy atom. The van der Waals surface area contributed by atoms with Crippen molar-refractivity contribution in [1.29, 1.82) is 0 Å². The van der Waals surface area contributed by atoms with E-state index in [1.54, 1.807) is 7.11 Å². The van der Waals surface area contributed by atoms with Crippen LogP contribution in [0.15, 0.2) is 29.3 Å². The van der Waals surface area contributed by atoms with Crippen LogP contribution in [0, 0.1) is 5.92 Å². The van der Waals surface area contributed by atoms with Gasteiger partial charge in [0.25, 0.3) is 0 Å². The Morgan fingerprint density at radius 1 is 1.22 bits per heavy atom. The highest BCUT2D eigenvalue weighted by Gasteiger charge is 2.28. The van der Waals surface area contributed by atoms with Crippen molar-refractivity contribution >= 4 is 11.9 Å². The minimum Gasteiger partial charge on any atom is -0.496 e. The zero-order valence-electron chi connectivity index (χ0n) is 13.9. The summed E-state index contributed by atoms with van der Waals surface area (Å²) < 4.78 is 5.33. The number of carbonyl (C=O) groups excluding carboxylic acids is 1. The Hall–Kier alpha value is -2.24. The first-order valence-electron chi connectivity index (χ1n) is 8.16. The average Bonchev–Trinajstić information content (AvgIpc) is 3.41. The second-order valence-corrected chi connectivity index (χ2v) is 5.50. The summed E-state index contributed by atoms with van der Waals surface area (Å²) in [6.45, 7) is 4.60. The van der Waals surface area contributed by atoms with Crippen molar-refractivity contribution in [3.8, 4) is 5.75 Å². The number of hydrogen-bond acceptors (Lipinski definition) is 3. The molecule has 0 atom stereocenters. The zero-order valence-corrected chi connectivity index (χ0v) is 13.9. The van der Waals surface area contributed by atoms with Crippen molar-refractivity contribution < 1.29 is 9.53 Å². The molecule has 126 valence electrons. The van der Waals surface area contributed by atoms with Crippen LogP contribution >= 0.6 is 0 Å². The quantitative estimate of drug-likeness (QED) is 0.383. The van der Waals surface area contributed by atoms with Crippen molar-refractivity contribution in [1.82, 2.24) is 16.0 Å². The number of benzene rings is 1. The van der Waals surface area contributed by atoms with Gasteiger partial charge in [-0.1, -0.05) is 18.2 Å². The lowest BCUT2D eigenvalue weighted by Crippen LogP contribution is -2.41. The molecule has 0 radical (unpaired) electrons. The molecule has 6 nitrogen and oxygen atoms in total. The van der Waals surface area contributed by atoms with Gasteiger partial charge in [0, 0.05) is 31.1 Å². The van der Waals surface area contributed by atoms with Crippen LogP contribution in [0.3, 0.4) is 0 Å². The van der Waals surface area contributed by atoms with Gasteiger partial charge in [0.05, 0.1) is 13.7 Å². The molecule has 0 saturated heterocycles. The Bertz CT molecular complexity index is 541. The van der Waals surface area contributed by atoms with Gasteiger partial charge in [0.1, 0.15) is 5.75 Å². The standard InChI is InChI=1S/C17H26N4O2/c1-3-18-17(20-11-10-19-16(22)13-8-9-13)21-12-14-6-4-5-7-15(14)23-2/h4-7,13H,3,8-12H2,1-2H3,(H,19,22)(H2,18,20,21). The van der Waals surface area contributed by atoms with Gasteiger partial charge in [-0.05, 0) is 25.8 Å². The summed E-state index contributed by atoms with van der Waals surface area (Å²) in [5, 5.41) is 9.36. The number of aliphatic imine (C=N–C) groups is 1. The molecule has 0 aromatic heterocycles. The lowest BCUT2D eigenvalue weighted by atomic mass is 10.2. The number of ether oxygens (including phenoxy) is 1. The Balaban J connectivity index is 1.80. The topological polar surface area (TPSA) is 74.8 Å². The first-order chi connectivity index (χ1) is 11.2. The Labute approximate surface area is 137 Å². The van der Waals surface area contributed by atoms with Crippen LogP contribution in [0.1, 0.15) is 25.3 Å². The molecular formula is C17H26N4O2. The van der Waals surface area contributed by atoms with Gasteiger partial charge in [0.2, 0.25) is 5.91 Å². The maximum Gasteiger partial charge on any atom is 0.223 e. The Kier molecular flexibility index (Phi) is 6.72. The molecule has 1 fully saturated rings. The van der Waals surface area contributed by atoms with E-state index in [1.807, 2.05) is 31.2 Å². The molecule has 1 saturated carbocycles. The lowest BCUT2D eigenvalue weighted by Gasteiger charge is -2.12. The van der Waals surface area contributed by atoms with Gasteiger partial charge in [-0.3, -0.25) is 4.79 Å². The molecule has 0 unspecified atom stereocenters. The molecule has 0 spiro atoms. The van der Waals surface area contributed by atoms with Crippen molar-refractivity contribution in [2.45, 2.75) is 26.3 Å². The number of rotatable bonds is 8. The zero-order chi connectivity index (χ0) is 16.5. The summed E-state index contributed by atoms with van der Waals surface area (Å²) in [5.41, 5.74) is 1.04. The lowest BCUT2D eigenvalue weighted by molar-refractivity contribution is -0.122. The van der Waals surface area contributed by atoms with E-state index in [-0.39, 0.29) is 11.8 Å². The number of carbonyl (C=O) groups is 1. The molecule has 2 rings (SSSR count). The molecule has 23 heavy (non-hydrogen) atoms. The number of amides is 1. The van der Waals surface area contributed by atoms with Gasteiger partial charge in [-0.15, -0.1) is 0 Å². The molecule has 1 aromatic rings. The third-order valence-electron chi connectivity index (χ3n) is 3.61. The highest BCUT2D eigenvalue weighted by Crippen LogP contribution is 2.28. The highest BCUT2D eigenvalue weighted by atomic mass is 16.5. The van der Waals surface area contributed by atoms with Crippen LogP contribution in [0.25, 0.3) is 0 Å². The molecule has 1 aliphatic rings. The summed E-state index contributed by atoms with van der Waals surface area (Å²) in [4.78, 5) is 16.1. The molecule has 0 aliphatic heterocycles. The van der Waals surface area contributed by atoms with E-state index < -0.39 is 0 Å². The molecule has 1 aliphatic carbocycles. The van der Waals surface area contributed by atoms with Crippen LogP contribution in [0.5, 0.6) is 5.75 Å². The van der Waals surface area contributed by atoms with Crippen molar-refractivity contribution in [3.05, 3.63) is 29.8 Å². The van der Waals surface area contributed by atoms with E-state index in [9.17, 15) is 4.79 Å². The molecular weight excluding hydrogens is 292 g/mol. The number of nitrogens with one attached hydrogen (secondary N) is 3. The second kappa shape index (κ2) is 9.02. The third kappa shape index (κ3) is 5.81. The maximum absolute atomic E-state index is 11.6. The number of hydrogen-bond donors (Lipinski definition) is 3. The predicted molar refractivity (Wildman–Crippen MR) is 91.5 cm³/mol. The van der Waals surface area contributed by atoms with Crippen molar-refractivity contribution in [3.63, 3.8) is 0 Å². The van der Waals surface area contributed by atoms with Crippen LogP contribution in [-0.2, 0) is 11.3 Å². The van der Waals surface area contributed by atoms with E-state index in [4.69, 9.17) is 4.74 Å². The second-order valence-electron chi connectivity index (χ2n) is 5.50. The van der Waals surface area contributed by atoms with Gasteiger partial charge < -0.3 is 20.7 Å². The number of guanidine groups is 1. The van der Waals surface area contributed by atoms with Crippen LogP contribution in [-0.4, -0.2) is 38.6 Å². The fourth-order valence-corrected chi connectivity index (χ4v) is 2.20. The summed E-state index contributed by atoms with van der Waals surface area (Å²) in [5.74, 6) is 1.99. The normalized spacial score (nSPS) is 14.3. The van der Waals surface area contributed by atoms with Gasteiger partial charge >= 0.3 is 0 Å². The van der Waals surface area contributed by atoms with Crippen LogP contribution in [0.2, 0.25) is 0 Å². The molecule has 1 aromatic carbocycles. The van der Waals surface area contributed by atoms with Crippen molar-refractivity contribution in [2.24, 2.45) is 10.9 Å². The molecule has 0 heterocycles. The van der Waals surface area contributed by atoms with Gasteiger partial charge in [-0.25, -0.2) is 4.99 Å². The summed E-state index contributed by atoms with van der Waals surface area (Å²) >= 11 is 0. The molecule has 3 N–H and O–H groups in total. The van der Waals surface area contributed by atoms with E-state index in [1.165, 1.54) is 0 Å². The van der Waals surface area contributed by atoms with E-state index in [2.05, 4.69) is 20.9 Å². The summed E-state index contributed by atoms with van der Waals surface area (Å²) in [7, 11) is 1.66. The number of nitrogens with zero attached hydrogens (tertiary/aromatic N) is 1. The van der Waals surface area contributed by atoms with Gasteiger partial charge in [-0.2, -0.15) is 0 Å². The first kappa shape index (κ1) is 17.1. The van der Waals surface area contributed by atoms with Gasteiger partial charge in [0.15, 0.2) is 5.96 Å². The summed E-state index contributed by atoms with van der Waals surface area (Å²) in [6.07, 6.45) is 2.06. The predicted octanol–water partition coefficient (Wildman–Crippen LogP) is 1.28. The fourth-order valence-electron chi connectivity index (χ4n) is 2.20. The first-order valence-corrected chi connectivity index (χ1v) is 8.16. The van der Waals surface area contributed by atoms with Crippen LogP contribution < -0.4 is 20.7 Å². The molecule has 6 heteroatoms. The average molecular weight is 318 g/mol.